The van der Waals surface area contributed by atoms with Gasteiger partial charge in [0.2, 0.25) is 0 Å². The van der Waals surface area contributed by atoms with Crippen LogP contribution in [0.2, 0.25) is 0 Å². The maximum Gasteiger partial charge on any atom is 0.331 e. The predicted molar refractivity (Wildman–Crippen MR) is 109 cm³/mol. The zero-order chi connectivity index (χ0) is 20.4. The van der Waals surface area contributed by atoms with Crippen LogP contribution in [0.15, 0.2) is 54.6 Å². The molecule has 28 heavy (non-hydrogen) atoms. The summed E-state index contributed by atoms with van der Waals surface area (Å²) in [4.78, 5) is 23.6. The molecule has 6 nitrogen and oxygen atoms in total. The zero-order valence-electron chi connectivity index (χ0n) is 16.2. The lowest BCUT2D eigenvalue weighted by atomic mass is 9.95. The van der Waals surface area contributed by atoms with E-state index in [1.807, 2.05) is 42.5 Å². The van der Waals surface area contributed by atoms with Crippen LogP contribution in [-0.2, 0) is 25.6 Å². The molecule has 0 unspecified atom stereocenters. The fraction of sp³-hybridized carbons (Fsp3) is 0.273. The van der Waals surface area contributed by atoms with Crippen molar-refractivity contribution in [3.05, 3.63) is 71.3 Å². The first-order valence-electron chi connectivity index (χ1n) is 9.24. The van der Waals surface area contributed by atoms with E-state index in [1.54, 1.807) is 19.9 Å². The maximum absolute atomic E-state index is 12.1. The van der Waals surface area contributed by atoms with Crippen molar-refractivity contribution >= 4 is 23.2 Å². The Labute approximate surface area is 165 Å². The van der Waals surface area contributed by atoms with Crippen LogP contribution in [-0.4, -0.2) is 31.7 Å². The number of benzene rings is 2. The summed E-state index contributed by atoms with van der Waals surface area (Å²) in [6.07, 6.45) is 1.49. The highest BCUT2D eigenvalue weighted by Gasteiger charge is 2.11. The molecule has 2 aromatic rings. The van der Waals surface area contributed by atoms with Crippen LogP contribution >= 0.6 is 0 Å². The molecule has 0 aliphatic carbocycles. The van der Waals surface area contributed by atoms with E-state index in [1.165, 1.54) is 6.08 Å². The molecule has 0 aliphatic rings. The first kappa shape index (κ1) is 21.2. The van der Waals surface area contributed by atoms with E-state index in [0.717, 1.165) is 22.3 Å². The predicted octanol–water partition coefficient (Wildman–Crippen LogP) is 2.92. The molecule has 0 saturated heterocycles. The number of carbonyl (C=O) groups is 2. The minimum absolute atomic E-state index is 0.0989. The number of nitrogen functional groups attached to an aromatic ring is 1. The Morgan fingerprint density at radius 2 is 1.71 bits per heavy atom. The monoisotopic (exact) mass is 382 g/mol. The Balaban J connectivity index is 2.28. The molecule has 2 rings (SSSR count). The number of ether oxygens (including phenoxy) is 2. The van der Waals surface area contributed by atoms with Gasteiger partial charge in [0.25, 0.3) is 0 Å². The molecule has 0 amide bonds. The third-order valence-corrected chi connectivity index (χ3v) is 3.98. The fourth-order valence-electron chi connectivity index (χ4n) is 2.69. The molecule has 0 bridgehead atoms. The van der Waals surface area contributed by atoms with Crippen molar-refractivity contribution < 1.29 is 19.1 Å². The van der Waals surface area contributed by atoms with Crippen molar-refractivity contribution in [1.29, 1.82) is 0 Å². The number of hydrogen-bond acceptors (Lipinski definition) is 6. The van der Waals surface area contributed by atoms with Crippen molar-refractivity contribution in [2.75, 3.05) is 25.5 Å². The number of hydrogen-bond donors (Lipinski definition) is 2. The Bertz CT molecular complexity index is 832. The van der Waals surface area contributed by atoms with E-state index in [-0.39, 0.29) is 12.5 Å². The van der Waals surface area contributed by atoms with Gasteiger partial charge in [-0.2, -0.15) is 0 Å². The average molecular weight is 382 g/mol. The average Bonchev–Trinajstić information content (AvgIpc) is 2.69. The fourth-order valence-corrected chi connectivity index (χ4v) is 2.69. The molecule has 3 N–H and O–H groups in total. The lowest BCUT2D eigenvalue weighted by Crippen LogP contribution is -2.24. The molecule has 0 fully saturated rings. The lowest BCUT2D eigenvalue weighted by molar-refractivity contribution is -0.142. The van der Waals surface area contributed by atoms with E-state index < -0.39 is 5.97 Å². The number of carbonyl (C=O) groups excluding carboxylic acids is 2. The van der Waals surface area contributed by atoms with Crippen LogP contribution in [0.4, 0.5) is 5.69 Å². The SMILES string of the molecule is CCOC(=O)/C=C(/c1ccccc1)c1ccc(N)c(CNCC(=O)OCC)c1. The van der Waals surface area contributed by atoms with Crippen molar-refractivity contribution in [3.63, 3.8) is 0 Å². The van der Waals surface area contributed by atoms with Crippen LogP contribution in [0.25, 0.3) is 5.57 Å². The summed E-state index contributed by atoms with van der Waals surface area (Å²) in [7, 11) is 0. The van der Waals surface area contributed by atoms with Gasteiger partial charge in [-0.3, -0.25) is 4.79 Å². The second-order valence-corrected chi connectivity index (χ2v) is 6.00. The first-order valence-corrected chi connectivity index (χ1v) is 9.24. The normalized spacial score (nSPS) is 11.1. The first-order chi connectivity index (χ1) is 13.5. The second-order valence-electron chi connectivity index (χ2n) is 6.00. The summed E-state index contributed by atoms with van der Waals surface area (Å²) in [5.41, 5.74) is 9.98. The minimum Gasteiger partial charge on any atom is -0.465 e. The van der Waals surface area contributed by atoms with E-state index in [4.69, 9.17) is 15.2 Å². The number of nitrogens with one attached hydrogen (secondary N) is 1. The third-order valence-electron chi connectivity index (χ3n) is 3.98. The molecule has 6 heteroatoms. The summed E-state index contributed by atoms with van der Waals surface area (Å²) in [6, 6.07) is 15.2. The van der Waals surface area contributed by atoms with E-state index in [2.05, 4.69) is 5.32 Å². The molecule has 0 aliphatic heterocycles. The largest absolute Gasteiger partial charge is 0.465 e. The quantitative estimate of drug-likeness (QED) is 0.394. The molecule has 0 spiro atoms. The summed E-state index contributed by atoms with van der Waals surface area (Å²) in [5, 5.41) is 3.03. The van der Waals surface area contributed by atoms with Crippen LogP contribution in [0.5, 0.6) is 0 Å². The van der Waals surface area contributed by atoms with Crippen LogP contribution in [0.3, 0.4) is 0 Å². The van der Waals surface area contributed by atoms with Crippen LogP contribution in [0.1, 0.15) is 30.5 Å². The van der Waals surface area contributed by atoms with Crippen LogP contribution < -0.4 is 11.1 Å². The Morgan fingerprint density at radius 3 is 2.39 bits per heavy atom. The van der Waals surface area contributed by atoms with Gasteiger partial charge in [0.05, 0.1) is 19.8 Å². The Hall–Kier alpha value is -3.12. The van der Waals surface area contributed by atoms with E-state index in [0.29, 0.717) is 25.4 Å². The van der Waals surface area contributed by atoms with Gasteiger partial charge in [-0.25, -0.2) is 4.79 Å². The summed E-state index contributed by atoms with van der Waals surface area (Å²) in [5.74, 6) is -0.718. The number of esters is 2. The van der Waals surface area contributed by atoms with Gasteiger partial charge in [0.1, 0.15) is 0 Å². The highest BCUT2D eigenvalue weighted by atomic mass is 16.5. The summed E-state index contributed by atoms with van der Waals surface area (Å²) >= 11 is 0. The smallest absolute Gasteiger partial charge is 0.331 e. The van der Waals surface area contributed by atoms with E-state index in [9.17, 15) is 9.59 Å². The van der Waals surface area contributed by atoms with Gasteiger partial charge in [0.15, 0.2) is 0 Å². The number of nitrogens with two attached hydrogens (primary N) is 1. The number of rotatable bonds is 9. The molecule has 0 atom stereocenters. The molecule has 0 heterocycles. The lowest BCUT2D eigenvalue weighted by Gasteiger charge is -2.13. The van der Waals surface area contributed by atoms with Gasteiger partial charge in [-0.15, -0.1) is 0 Å². The van der Waals surface area contributed by atoms with Crippen molar-refractivity contribution in [2.24, 2.45) is 0 Å². The summed E-state index contributed by atoms with van der Waals surface area (Å²) < 4.78 is 9.98. The third kappa shape index (κ3) is 6.25. The van der Waals surface area contributed by atoms with Crippen molar-refractivity contribution in [3.8, 4) is 0 Å². The minimum atomic E-state index is -0.403. The molecule has 0 saturated carbocycles. The van der Waals surface area contributed by atoms with Gasteiger partial charge in [-0.05, 0) is 48.2 Å². The van der Waals surface area contributed by atoms with E-state index >= 15 is 0 Å². The van der Waals surface area contributed by atoms with Gasteiger partial charge < -0.3 is 20.5 Å². The highest BCUT2D eigenvalue weighted by molar-refractivity contribution is 5.96. The molecular formula is C22H26N2O4. The van der Waals surface area contributed by atoms with Crippen molar-refractivity contribution in [2.45, 2.75) is 20.4 Å². The molecule has 2 aromatic carbocycles. The summed E-state index contributed by atoms with van der Waals surface area (Å²) in [6.45, 7) is 4.69. The second kappa shape index (κ2) is 10.9. The van der Waals surface area contributed by atoms with Gasteiger partial charge in [0, 0.05) is 18.3 Å². The number of anilines is 1. The van der Waals surface area contributed by atoms with Crippen LogP contribution in [0, 0.1) is 0 Å². The van der Waals surface area contributed by atoms with Gasteiger partial charge >= 0.3 is 11.9 Å². The molecule has 148 valence electrons. The molecule has 0 aromatic heterocycles. The highest BCUT2D eigenvalue weighted by Crippen LogP contribution is 2.26. The standard InChI is InChI=1S/C22H26N2O4/c1-3-27-21(25)13-19(16-8-6-5-7-9-16)17-10-11-20(23)18(12-17)14-24-15-22(26)28-4-2/h5-13,24H,3-4,14-15,23H2,1-2H3/b19-13-. The topological polar surface area (TPSA) is 90.6 Å². The maximum atomic E-state index is 12.1. The Morgan fingerprint density at radius 1 is 1.00 bits per heavy atom. The Kier molecular flexibility index (Phi) is 8.24. The molecular weight excluding hydrogens is 356 g/mol. The van der Waals surface area contributed by atoms with Gasteiger partial charge in [-0.1, -0.05) is 36.4 Å². The molecule has 0 radical (unpaired) electrons. The van der Waals surface area contributed by atoms with Crippen molar-refractivity contribution in [1.82, 2.24) is 5.32 Å². The zero-order valence-corrected chi connectivity index (χ0v) is 16.2.